The van der Waals surface area contributed by atoms with Gasteiger partial charge in [0.2, 0.25) is 5.91 Å². The molecule has 1 aromatic carbocycles. The molecule has 0 aliphatic carbocycles. The number of benzene rings is 1. The average molecular weight is 288 g/mol. The smallest absolute Gasteiger partial charge is 0.220 e. The van der Waals surface area contributed by atoms with Crippen LogP contribution < -0.4 is 5.32 Å². The van der Waals surface area contributed by atoms with Gasteiger partial charge in [-0.15, -0.1) is 0 Å². The number of rotatable bonds is 8. The van der Waals surface area contributed by atoms with E-state index in [1.807, 2.05) is 19.1 Å². The van der Waals surface area contributed by atoms with E-state index in [-0.39, 0.29) is 18.2 Å². The second kappa shape index (κ2) is 8.76. The summed E-state index contributed by atoms with van der Waals surface area (Å²) in [5, 5.41) is 6.12. The Morgan fingerprint density at radius 3 is 2.71 bits per heavy atom. The van der Waals surface area contributed by atoms with Crippen molar-refractivity contribution in [2.24, 2.45) is 5.11 Å². The molecule has 1 aromatic rings. The summed E-state index contributed by atoms with van der Waals surface area (Å²) in [6, 6.07) is 5.46. The third-order valence-corrected chi connectivity index (χ3v) is 3.17. The Balaban J connectivity index is 2.97. The molecule has 0 aliphatic rings. The molecule has 1 amide bonds. The van der Waals surface area contributed by atoms with Gasteiger partial charge in [-0.3, -0.25) is 9.59 Å². The number of hydrogen-bond donors (Lipinski definition) is 1. The summed E-state index contributed by atoms with van der Waals surface area (Å²) < 4.78 is 0. The standard InChI is InChI=1S/C15H20N4O2/c1-3-4-14(20)13-7-5-11(6-8-15(21)17-2)9-12(13)10-18-19-16/h5,7,9H,3-4,6,8,10H2,1-2H3,(H,17,21). The van der Waals surface area contributed by atoms with Gasteiger partial charge >= 0.3 is 0 Å². The SMILES string of the molecule is CCCC(=O)c1ccc(CCC(=O)NC)cc1CN=[N+]=[N-]. The molecule has 0 heterocycles. The summed E-state index contributed by atoms with van der Waals surface area (Å²) in [5.41, 5.74) is 10.7. The second-order valence-electron chi connectivity index (χ2n) is 4.73. The zero-order valence-corrected chi connectivity index (χ0v) is 12.4. The van der Waals surface area contributed by atoms with Crippen molar-refractivity contribution in [1.29, 1.82) is 0 Å². The molecule has 0 saturated carbocycles. The number of nitrogens with zero attached hydrogens (tertiary/aromatic N) is 3. The average Bonchev–Trinajstić information content (AvgIpc) is 2.50. The lowest BCUT2D eigenvalue weighted by molar-refractivity contribution is -0.120. The Hall–Kier alpha value is -2.33. The van der Waals surface area contributed by atoms with Gasteiger partial charge in [0.05, 0.1) is 6.54 Å². The first kappa shape index (κ1) is 16.7. The first-order chi connectivity index (χ1) is 10.1. The molecular formula is C15H20N4O2. The third-order valence-electron chi connectivity index (χ3n) is 3.17. The lowest BCUT2D eigenvalue weighted by atomic mass is 9.97. The normalized spacial score (nSPS) is 9.81. The highest BCUT2D eigenvalue weighted by molar-refractivity contribution is 5.97. The van der Waals surface area contributed by atoms with E-state index in [0.717, 1.165) is 17.5 Å². The van der Waals surface area contributed by atoms with Gasteiger partial charge in [0.1, 0.15) is 0 Å². The van der Waals surface area contributed by atoms with Crippen LogP contribution in [0.1, 0.15) is 47.7 Å². The molecule has 0 bridgehead atoms. The summed E-state index contributed by atoms with van der Waals surface area (Å²) in [6.45, 7) is 2.10. The highest BCUT2D eigenvalue weighted by atomic mass is 16.1. The van der Waals surface area contributed by atoms with Crippen LogP contribution in [0, 0.1) is 0 Å². The molecule has 0 radical (unpaired) electrons. The zero-order valence-electron chi connectivity index (χ0n) is 12.4. The van der Waals surface area contributed by atoms with Gasteiger partial charge in [0, 0.05) is 30.4 Å². The van der Waals surface area contributed by atoms with E-state index in [9.17, 15) is 9.59 Å². The first-order valence-electron chi connectivity index (χ1n) is 6.98. The van der Waals surface area contributed by atoms with Crippen LogP contribution in [0.15, 0.2) is 23.3 Å². The lowest BCUT2D eigenvalue weighted by Gasteiger charge is -2.09. The predicted octanol–water partition coefficient (Wildman–Crippen LogP) is 3.16. The number of hydrogen-bond acceptors (Lipinski definition) is 3. The van der Waals surface area contributed by atoms with E-state index in [4.69, 9.17) is 5.53 Å². The fourth-order valence-corrected chi connectivity index (χ4v) is 2.06. The number of carbonyl (C=O) groups excluding carboxylic acids is 2. The van der Waals surface area contributed by atoms with Crippen LogP contribution in [0.4, 0.5) is 0 Å². The van der Waals surface area contributed by atoms with Crippen molar-refractivity contribution in [3.05, 3.63) is 45.3 Å². The molecule has 6 nitrogen and oxygen atoms in total. The lowest BCUT2D eigenvalue weighted by Crippen LogP contribution is -2.18. The van der Waals surface area contributed by atoms with Crippen molar-refractivity contribution in [2.45, 2.75) is 39.2 Å². The molecule has 21 heavy (non-hydrogen) atoms. The molecule has 6 heteroatoms. The van der Waals surface area contributed by atoms with E-state index in [2.05, 4.69) is 15.3 Å². The number of Topliss-reactive ketones (excluding diaryl/α,β-unsaturated/α-hetero) is 1. The summed E-state index contributed by atoms with van der Waals surface area (Å²) >= 11 is 0. The monoisotopic (exact) mass is 288 g/mol. The number of amides is 1. The van der Waals surface area contributed by atoms with Crippen molar-refractivity contribution in [2.75, 3.05) is 7.05 Å². The molecular weight excluding hydrogens is 268 g/mol. The van der Waals surface area contributed by atoms with Crippen LogP contribution >= 0.6 is 0 Å². The molecule has 1 N–H and O–H groups in total. The van der Waals surface area contributed by atoms with Crippen LogP contribution in [-0.4, -0.2) is 18.7 Å². The van der Waals surface area contributed by atoms with E-state index < -0.39 is 0 Å². The predicted molar refractivity (Wildman–Crippen MR) is 80.9 cm³/mol. The largest absolute Gasteiger partial charge is 0.359 e. The van der Waals surface area contributed by atoms with Crippen molar-refractivity contribution in [3.63, 3.8) is 0 Å². The number of azide groups is 1. The van der Waals surface area contributed by atoms with Crippen LogP contribution in [-0.2, 0) is 17.8 Å². The summed E-state index contributed by atoms with van der Waals surface area (Å²) in [5.74, 6) is 0.0243. The molecule has 0 unspecified atom stereocenters. The Morgan fingerprint density at radius 1 is 1.33 bits per heavy atom. The van der Waals surface area contributed by atoms with Gasteiger partial charge in [0.25, 0.3) is 0 Å². The van der Waals surface area contributed by atoms with Gasteiger partial charge in [0.15, 0.2) is 5.78 Å². The quantitative estimate of drug-likeness (QED) is 0.344. The maximum absolute atomic E-state index is 12.1. The highest BCUT2D eigenvalue weighted by Gasteiger charge is 2.11. The van der Waals surface area contributed by atoms with Crippen molar-refractivity contribution >= 4 is 11.7 Å². The molecule has 1 rings (SSSR count). The third kappa shape index (κ3) is 5.28. The maximum Gasteiger partial charge on any atom is 0.220 e. The molecule has 0 saturated heterocycles. The van der Waals surface area contributed by atoms with Gasteiger partial charge in [-0.25, -0.2) is 0 Å². The van der Waals surface area contributed by atoms with Crippen LogP contribution in [0.25, 0.3) is 10.4 Å². The minimum absolute atomic E-state index is 0.0299. The van der Waals surface area contributed by atoms with E-state index >= 15 is 0 Å². The highest BCUT2D eigenvalue weighted by Crippen LogP contribution is 2.17. The van der Waals surface area contributed by atoms with Gasteiger partial charge in [-0.1, -0.05) is 30.2 Å². The van der Waals surface area contributed by atoms with Crippen LogP contribution in [0.2, 0.25) is 0 Å². The summed E-state index contributed by atoms with van der Waals surface area (Å²) in [6.07, 6.45) is 2.23. The van der Waals surface area contributed by atoms with Gasteiger partial charge in [-0.05, 0) is 29.5 Å². The molecule has 0 atom stereocenters. The van der Waals surface area contributed by atoms with Crippen LogP contribution in [0.3, 0.4) is 0 Å². The number of aryl methyl sites for hydroxylation is 1. The van der Waals surface area contributed by atoms with E-state index in [1.54, 1.807) is 13.1 Å². The number of nitrogens with one attached hydrogen (secondary N) is 1. The maximum atomic E-state index is 12.1. The van der Waals surface area contributed by atoms with E-state index in [1.165, 1.54) is 0 Å². The van der Waals surface area contributed by atoms with Crippen molar-refractivity contribution in [3.8, 4) is 0 Å². The fourth-order valence-electron chi connectivity index (χ4n) is 2.06. The van der Waals surface area contributed by atoms with Crippen LogP contribution in [0.5, 0.6) is 0 Å². The fraction of sp³-hybridized carbons (Fsp3) is 0.467. The molecule has 112 valence electrons. The minimum Gasteiger partial charge on any atom is -0.359 e. The molecule has 0 aromatic heterocycles. The van der Waals surface area contributed by atoms with Gasteiger partial charge in [-0.2, -0.15) is 0 Å². The zero-order chi connectivity index (χ0) is 15.7. The van der Waals surface area contributed by atoms with Crippen molar-refractivity contribution in [1.82, 2.24) is 5.32 Å². The van der Waals surface area contributed by atoms with Crippen molar-refractivity contribution < 1.29 is 9.59 Å². The summed E-state index contributed by atoms with van der Waals surface area (Å²) in [4.78, 5) is 26.1. The minimum atomic E-state index is -0.0299. The molecule has 0 spiro atoms. The van der Waals surface area contributed by atoms with E-state index in [0.29, 0.717) is 24.8 Å². The topological polar surface area (TPSA) is 94.9 Å². The molecule has 0 fully saturated rings. The first-order valence-corrected chi connectivity index (χ1v) is 6.98. The number of carbonyl (C=O) groups is 2. The van der Waals surface area contributed by atoms with Gasteiger partial charge < -0.3 is 5.32 Å². The Labute approximate surface area is 124 Å². The summed E-state index contributed by atoms with van der Waals surface area (Å²) in [7, 11) is 1.60. The Kier molecular flexibility index (Phi) is 6.98. The number of ketones is 1. The Morgan fingerprint density at radius 2 is 2.10 bits per heavy atom. The second-order valence-corrected chi connectivity index (χ2v) is 4.73. The molecule has 0 aliphatic heterocycles. The Bertz CT molecular complexity index is 563.